The van der Waals surface area contributed by atoms with Crippen LogP contribution in [-0.4, -0.2) is 81.9 Å². The van der Waals surface area contributed by atoms with E-state index in [0.29, 0.717) is 6.04 Å². The number of aromatic nitrogens is 2. The van der Waals surface area contributed by atoms with Gasteiger partial charge in [-0.05, 0) is 43.5 Å². The summed E-state index contributed by atoms with van der Waals surface area (Å²) in [4.78, 5) is 20.4. The molecule has 1 saturated heterocycles. The molecule has 8 nitrogen and oxygen atoms in total. The number of carboxylic acid groups (broad SMARTS) is 2. The highest BCUT2D eigenvalue weighted by Gasteiger charge is 2.38. The van der Waals surface area contributed by atoms with Crippen LogP contribution >= 0.6 is 0 Å². The van der Waals surface area contributed by atoms with E-state index in [2.05, 4.69) is 15.1 Å². The first kappa shape index (κ1) is 30.0. The summed E-state index contributed by atoms with van der Waals surface area (Å²) in [6, 6.07) is 7.28. The minimum Gasteiger partial charge on any atom is -0.475 e. The van der Waals surface area contributed by atoms with Crippen LogP contribution in [0.1, 0.15) is 24.1 Å². The molecule has 2 aliphatic heterocycles. The third-order valence-electron chi connectivity index (χ3n) is 5.56. The van der Waals surface area contributed by atoms with Gasteiger partial charge in [0.25, 0.3) is 0 Å². The number of nitrogens with zero attached hydrogens (tertiary/aromatic N) is 2. The highest BCUT2D eigenvalue weighted by Crippen LogP contribution is 2.28. The van der Waals surface area contributed by atoms with Crippen molar-refractivity contribution in [2.45, 2.75) is 44.1 Å². The average Bonchev–Trinajstić information content (AvgIpc) is 3.10. The van der Waals surface area contributed by atoms with Crippen molar-refractivity contribution in [1.82, 2.24) is 15.1 Å². The van der Waals surface area contributed by atoms with Gasteiger partial charge < -0.3 is 14.9 Å². The second-order valence-electron chi connectivity index (χ2n) is 8.02. The molecule has 1 fully saturated rings. The maximum atomic E-state index is 13.1. The van der Waals surface area contributed by atoms with Crippen LogP contribution in [0.2, 0.25) is 0 Å². The number of rotatable bonds is 2. The summed E-state index contributed by atoms with van der Waals surface area (Å²) in [6.07, 6.45) is -5.90. The molecular weight excluding hydrogens is 519 g/mol. The lowest BCUT2D eigenvalue weighted by atomic mass is 10.0. The van der Waals surface area contributed by atoms with Crippen molar-refractivity contribution in [3.05, 3.63) is 41.3 Å². The van der Waals surface area contributed by atoms with Crippen molar-refractivity contribution in [2.24, 2.45) is 0 Å². The van der Waals surface area contributed by atoms with Crippen molar-refractivity contribution >= 4 is 11.9 Å². The summed E-state index contributed by atoms with van der Waals surface area (Å²) < 4.78 is 82.1. The van der Waals surface area contributed by atoms with Gasteiger partial charge in [0.1, 0.15) is 5.82 Å². The minimum absolute atomic E-state index is 0.207. The molecule has 1 aromatic carbocycles. The van der Waals surface area contributed by atoms with Crippen LogP contribution in [0, 0.1) is 5.82 Å². The Labute approximate surface area is 206 Å². The van der Waals surface area contributed by atoms with E-state index >= 15 is 0 Å². The lowest BCUT2D eigenvalue weighted by molar-refractivity contribution is -0.193. The average molecular weight is 543 g/mol. The predicted octanol–water partition coefficient (Wildman–Crippen LogP) is 4.06. The highest BCUT2D eigenvalue weighted by molar-refractivity contribution is 5.73. The summed E-state index contributed by atoms with van der Waals surface area (Å²) in [5, 5.41) is 21.9. The second-order valence-corrected chi connectivity index (χ2v) is 8.02. The maximum Gasteiger partial charge on any atom is 0.490 e. The van der Waals surface area contributed by atoms with Gasteiger partial charge in [0.05, 0.1) is 5.69 Å². The molecule has 0 atom stereocenters. The number of hydrogen-bond acceptors (Lipinski definition) is 5. The Morgan fingerprint density at radius 1 is 0.919 bits per heavy atom. The number of ether oxygens (including phenoxy) is 1. The smallest absolute Gasteiger partial charge is 0.475 e. The minimum atomic E-state index is -5.08. The van der Waals surface area contributed by atoms with Crippen molar-refractivity contribution in [3.63, 3.8) is 0 Å². The largest absolute Gasteiger partial charge is 0.490 e. The first-order valence-electron chi connectivity index (χ1n) is 10.9. The Hall–Kier alpha value is -3.20. The molecule has 2 aliphatic rings. The quantitative estimate of drug-likeness (QED) is 0.490. The molecule has 3 heterocycles. The highest BCUT2D eigenvalue weighted by atomic mass is 19.4. The molecule has 4 rings (SSSR count). The lowest BCUT2D eigenvalue weighted by Gasteiger charge is -2.33. The maximum absolute atomic E-state index is 13.1. The fraction of sp³-hybridized carbons (Fsp3) is 0.500. The van der Waals surface area contributed by atoms with E-state index < -0.39 is 24.3 Å². The molecule has 0 aliphatic carbocycles. The second kappa shape index (κ2) is 12.9. The van der Waals surface area contributed by atoms with Gasteiger partial charge in [0, 0.05) is 55.6 Å². The van der Waals surface area contributed by atoms with E-state index in [4.69, 9.17) is 24.5 Å². The van der Waals surface area contributed by atoms with Crippen molar-refractivity contribution < 1.29 is 55.3 Å². The Balaban J connectivity index is 0.000000286. The molecule has 206 valence electrons. The zero-order chi connectivity index (χ0) is 27.8. The number of fused-ring (bicyclic) bond motifs is 1. The molecule has 37 heavy (non-hydrogen) atoms. The van der Waals surface area contributed by atoms with Crippen molar-refractivity contribution in [2.75, 3.05) is 26.3 Å². The van der Waals surface area contributed by atoms with Crippen LogP contribution in [0.15, 0.2) is 24.3 Å². The molecule has 1 aromatic heterocycles. The summed E-state index contributed by atoms with van der Waals surface area (Å²) in [5.41, 5.74) is 4.50. The zero-order valence-corrected chi connectivity index (χ0v) is 19.2. The monoisotopic (exact) mass is 543 g/mol. The van der Waals surface area contributed by atoms with Crippen LogP contribution in [0.25, 0.3) is 11.3 Å². The number of benzene rings is 1. The van der Waals surface area contributed by atoms with Crippen LogP contribution in [0.4, 0.5) is 30.7 Å². The number of aromatic amines is 1. The molecular formula is C22H24F7N3O5. The standard InChI is InChI=1S/C18H22FN3O.2C2HF3O2/c19-14-3-1-13(2-4-14)18-16-5-9-22(10-6-17(16)20-21-18)15-7-11-23-12-8-15;2*3-2(4,5)1(6)7/h1-4,15H,5-12H2,(H,20,21);2*(H,6,7). The van der Waals surface area contributed by atoms with Gasteiger partial charge in [-0.1, -0.05) is 0 Å². The molecule has 15 heteroatoms. The summed E-state index contributed by atoms with van der Waals surface area (Å²) in [5.74, 6) is -5.72. The van der Waals surface area contributed by atoms with Crippen LogP contribution in [-0.2, 0) is 27.2 Å². The topological polar surface area (TPSA) is 116 Å². The van der Waals surface area contributed by atoms with Gasteiger partial charge >= 0.3 is 24.3 Å². The Morgan fingerprint density at radius 3 is 1.89 bits per heavy atom. The molecule has 0 unspecified atom stereocenters. The van der Waals surface area contributed by atoms with E-state index in [1.807, 2.05) is 12.1 Å². The predicted molar refractivity (Wildman–Crippen MR) is 114 cm³/mol. The third-order valence-corrected chi connectivity index (χ3v) is 5.56. The van der Waals surface area contributed by atoms with Gasteiger partial charge in [-0.15, -0.1) is 0 Å². The first-order valence-corrected chi connectivity index (χ1v) is 10.9. The molecule has 0 radical (unpaired) electrons. The normalized spacial score (nSPS) is 16.8. The molecule has 0 saturated carbocycles. The summed E-state index contributed by atoms with van der Waals surface area (Å²) in [6.45, 7) is 3.90. The number of aliphatic carboxylic acids is 2. The zero-order valence-electron chi connectivity index (χ0n) is 19.2. The first-order chi connectivity index (χ1) is 17.2. The molecule has 2 aromatic rings. The van der Waals surface area contributed by atoms with E-state index in [1.165, 1.54) is 23.4 Å². The van der Waals surface area contributed by atoms with E-state index in [-0.39, 0.29) is 5.82 Å². The molecule has 0 bridgehead atoms. The SMILES string of the molecule is Fc1ccc(-c2n[nH]c3c2CCN(C2CCOCC2)CC3)cc1.O=C(O)C(F)(F)F.O=C(O)C(F)(F)F. The fourth-order valence-electron chi connectivity index (χ4n) is 3.76. The molecule has 0 amide bonds. The van der Waals surface area contributed by atoms with Gasteiger partial charge in [-0.2, -0.15) is 31.4 Å². The van der Waals surface area contributed by atoms with Crippen molar-refractivity contribution in [3.8, 4) is 11.3 Å². The van der Waals surface area contributed by atoms with Crippen LogP contribution in [0.3, 0.4) is 0 Å². The third kappa shape index (κ3) is 9.31. The fourth-order valence-corrected chi connectivity index (χ4v) is 3.76. The number of carboxylic acids is 2. The Morgan fingerprint density at radius 2 is 1.41 bits per heavy atom. The van der Waals surface area contributed by atoms with Crippen LogP contribution in [0.5, 0.6) is 0 Å². The van der Waals surface area contributed by atoms with Gasteiger partial charge in [-0.25, -0.2) is 14.0 Å². The molecule has 3 N–H and O–H groups in total. The number of alkyl halides is 6. The van der Waals surface area contributed by atoms with Crippen molar-refractivity contribution in [1.29, 1.82) is 0 Å². The number of carbonyl (C=O) groups is 2. The van der Waals surface area contributed by atoms with E-state index in [0.717, 1.165) is 63.2 Å². The lowest BCUT2D eigenvalue weighted by Crippen LogP contribution is -2.40. The molecule has 0 spiro atoms. The number of halogens is 7. The van der Waals surface area contributed by atoms with E-state index in [9.17, 15) is 30.7 Å². The summed E-state index contributed by atoms with van der Waals surface area (Å²) >= 11 is 0. The van der Waals surface area contributed by atoms with Gasteiger partial charge in [-0.3, -0.25) is 10.00 Å². The van der Waals surface area contributed by atoms with Crippen LogP contribution < -0.4 is 0 Å². The van der Waals surface area contributed by atoms with Gasteiger partial charge in [0.15, 0.2) is 0 Å². The Kier molecular flexibility index (Phi) is 10.4. The number of nitrogens with one attached hydrogen (secondary N) is 1. The number of H-pyrrole nitrogens is 1. The summed E-state index contributed by atoms with van der Waals surface area (Å²) in [7, 11) is 0. The van der Waals surface area contributed by atoms with E-state index in [1.54, 1.807) is 0 Å². The Bertz CT molecular complexity index is 1010. The number of hydrogen-bond donors (Lipinski definition) is 3. The van der Waals surface area contributed by atoms with Gasteiger partial charge in [0.2, 0.25) is 0 Å².